The molecular formula is C33H46Br2N2O2Pd. The standard InChI is InChI=1S/C33H46N2O2.2BrH.Pd/c1-5-11-24-15-9-17-26(19-24)21-28-30(13-7-3)36-32(34-28)23-33-35-29(31(37-33)14-8-4)22-27-18-10-16-25(20-27)12-6-2;;;/h9-10,15-20,28-31H,5-8,11-14,21-23H2,1-4H3;2*1H;/q;;;+2/p-2/t28-,29-,30?,31?;;;/m1.../s1. The van der Waals surface area contributed by atoms with Crippen LogP contribution in [0.15, 0.2) is 58.5 Å². The molecule has 0 fully saturated rings. The molecule has 2 heterocycles. The summed E-state index contributed by atoms with van der Waals surface area (Å²) in [5.74, 6) is 1.60. The number of aliphatic imine (C=N–C) groups is 2. The largest absolute Gasteiger partial charge is 2.00 e. The predicted molar refractivity (Wildman–Crippen MR) is 155 cm³/mol. The van der Waals surface area contributed by atoms with Gasteiger partial charge >= 0.3 is 20.4 Å². The number of nitrogens with zero attached hydrogens (tertiary/aromatic N) is 2. The molecule has 0 aromatic heterocycles. The average Bonchev–Trinajstić information content (AvgIpc) is 3.43. The van der Waals surface area contributed by atoms with E-state index in [-0.39, 0.29) is 78.7 Å². The van der Waals surface area contributed by atoms with Gasteiger partial charge in [-0.3, -0.25) is 0 Å². The van der Waals surface area contributed by atoms with Crippen molar-refractivity contribution in [1.29, 1.82) is 0 Å². The van der Waals surface area contributed by atoms with Crippen molar-refractivity contribution in [2.75, 3.05) is 0 Å². The fourth-order valence-corrected chi connectivity index (χ4v) is 5.72. The Labute approximate surface area is 277 Å². The Hall–Kier alpha value is -0.998. The van der Waals surface area contributed by atoms with E-state index in [2.05, 4.69) is 76.2 Å². The van der Waals surface area contributed by atoms with E-state index < -0.39 is 0 Å². The van der Waals surface area contributed by atoms with Gasteiger partial charge in [0.2, 0.25) is 0 Å². The SMILES string of the molecule is CCCc1cccc(C[C@H]2N=C(CC3=N[C@H](Cc4cccc(CCC)c4)C(CCC)O3)OC2CCC)c1.[Br-].[Br-].[Pd+2]. The molecule has 4 rings (SSSR count). The first-order valence-electron chi connectivity index (χ1n) is 14.7. The van der Waals surface area contributed by atoms with Crippen LogP contribution in [0.25, 0.3) is 0 Å². The quantitative estimate of drug-likeness (QED) is 0.275. The molecule has 2 aromatic rings. The molecule has 224 valence electrons. The first-order chi connectivity index (χ1) is 18.1. The molecule has 2 unspecified atom stereocenters. The van der Waals surface area contributed by atoms with Gasteiger partial charge in [0.15, 0.2) is 11.8 Å². The van der Waals surface area contributed by atoms with Gasteiger partial charge in [0.05, 0.1) is 18.5 Å². The summed E-state index contributed by atoms with van der Waals surface area (Å²) in [7, 11) is 0. The topological polar surface area (TPSA) is 43.2 Å². The van der Waals surface area contributed by atoms with Crippen molar-refractivity contribution in [2.45, 2.75) is 123 Å². The smallest absolute Gasteiger partial charge is 1.00 e. The van der Waals surface area contributed by atoms with Crippen molar-refractivity contribution in [3.05, 3.63) is 70.8 Å². The summed E-state index contributed by atoms with van der Waals surface area (Å²) in [6, 6.07) is 18.3. The minimum absolute atomic E-state index is 0. The van der Waals surface area contributed by atoms with Gasteiger partial charge in [-0.2, -0.15) is 0 Å². The molecule has 4 nitrogen and oxygen atoms in total. The fourth-order valence-electron chi connectivity index (χ4n) is 5.72. The predicted octanol–water partition coefficient (Wildman–Crippen LogP) is 1.70. The summed E-state index contributed by atoms with van der Waals surface area (Å²) >= 11 is 0. The van der Waals surface area contributed by atoms with E-state index in [9.17, 15) is 0 Å². The van der Waals surface area contributed by atoms with E-state index in [0.29, 0.717) is 6.42 Å². The second-order valence-electron chi connectivity index (χ2n) is 10.8. The second-order valence-corrected chi connectivity index (χ2v) is 10.8. The summed E-state index contributed by atoms with van der Waals surface area (Å²) in [5.41, 5.74) is 5.54. The van der Waals surface area contributed by atoms with E-state index in [1.807, 2.05) is 0 Å². The molecule has 0 spiro atoms. The number of hydrogen-bond donors (Lipinski definition) is 0. The maximum absolute atomic E-state index is 6.41. The first-order valence-corrected chi connectivity index (χ1v) is 14.7. The monoisotopic (exact) mass is 766 g/mol. The van der Waals surface area contributed by atoms with Gasteiger partial charge in [-0.1, -0.05) is 102 Å². The zero-order valence-electron chi connectivity index (χ0n) is 24.5. The molecule has 0 N–H and O–H groups in total. The Morgan fingerprint density at radius 3 is 1.38 bits per heavy atom. The van der Waals surface area contributed by atoms with Crippen molar-refractivity contribution in [3.8, 4) is 0 Å². The number of hydrogen-bond acceptors (Lipinski definition) is 4. The van der Waals surface area contributed by atoms with Crippen LogP contribution in [0.1, 0.15) is 94.9 Å². The fraction of sp³-hybridized carbons (Fsp3) is 0.576. The third-order valence-electron chi connectivity index (χ3n) is 7.45. The molecule has 2 aliphatic heterocycles. The normalized spacial score (nSPS) is 21.2. The molecule has 0 saturated heterocycles. The zero-order valence-corrected chi connectivity index (χ0v) is 29.2. The van der Waals surface area contributed by atoms with Gasteiger partial charge in [0.25, 0.3) is 0 Å². The van der Waals surface area contributed by atoms with Crippen molar-refractivity contribution >= 4 is 11.8 Å². The van der Waals surface area contributed by atoms with E-state index >= 15 is 0 Å². The van der Waals surface area contributed by atoms with Crippen molar-refractivity contribution in [1.82, 2.24) is 0 Å². The number of rotatable bonds is 14. The van der Waals surface area contributed by atoms with Crippen molar-refractivity contribution < 1.29 is 63.9 Å². The summed E-state index contributed by atoms with van der Waals surface area (Å²) in [6.45, 7) is 8.91. The molecule has 40 heavy (non-hydrogen) atoms. The number of aryl methyl sites for hydroxylation is 2. The zero-order chi connectivity index (χ0) is 26.0. The van der Waals surface area contributed by atoms with Crippen LogP contribution in [0.2, 0.25) is 0 Å². The van der Waals surface area contributed by atoms with E-state index in [0.717, 1.165) is 63.2 Å². The summed E-state index contributed by atoms with van der Waals surface area (Å²) in [5, 5.41) is 0. The molecule has 2 aliphatic rings. The van der Waals surface area contributed by atoms with Crippen molar-refractivity contribution in [3.63, 3.8) is 0 Å². The van der Waals surface area contributed by atoms with Crippen LogP contribution in [0, 0.1) is 0 Å². The van der Waals surface area contributed by atoms with Crippen LogP contribution in [-0.4, -0.2) is 36.1 Å². The van der Waals surface area contributed by atoms with Crippen LogP contribution >= 0.6 is 0 Å². The van der Waals surface area contributed by atoms with E-state index in [4.69, 9.17) is 19.5 Å². The van der Waals surface area contributed by atoms with Gasteiger partial charge in [-0.15, -0.1) is 0 Å². The number of halogens is 2. The maximum atomic E-state index is 6.41. The summed E-state index contributed by atoms with van der Waals surface area (Å²) in [6.07, 6.45) is 11.5. The van der Waals surface area contributed by atoms with Crippen LogP contribution < -0.4 is 34.0 Å². The second kappa shape index (κ2) is 19.2. The van der Waals surface area contributed by atoms with E-state index in [1.165, 1.54) is 35.1 Å². The minimum Gasteiger partial charge on any atom is -1.00 e. The molecule has 0 amide bonds. The molecule has 2 aromatic carbocycles. The van der Waals surface area contributed by atoms with Crippen molar-refractivity contribution in [2.24, 2.45) is 9.98 Å². The molecule has 0 saturated carbocycles. The van der Waals surface area contributed by atoms with E-state index in [1.54, 1.807) is 0 Å². The third kappa shape index (κ3) is 10.7. The molecule has 4 atom stereocenters. The van der Waals surface area contributed by atoms with Crippen LogP contribution in [0.3, 0.4) is 0 Å². The van der Waals surface area contributed by atoms with Crippen LogP contribution in [-0.2, 0) is 55.6 Å². The minimum atomic E-state index is 0. The maximum Gasteiger partial charge on any atom is 2.00 e. The van der Waals surface area contributed by atoms with Gasteiger partial charge in [-0.05, 0) is 60.8 Å². The first kappa shape index (κ1) is 37.0. The Balaban J connectivity index is 0.00000267. The molecule has 0 aliphatic carbocycles. The molecule has 0 bridgehead atoms. The number of ether oxygens (including phenoxy) is 2. The summed E-state index contributed by atoms with van der Waals surface area (Å²) < 4.78 is 12.8. The van der Waals surface area contributed by atoms with Gasteiger partial charge in [-0.25, -0.2) is 9.98 Å². The average molecular weight is 769 g/mol. The van der Waals surface area contributed by atoms with Gasteiger partial charge in [0.1, 0.15) is 12.2 Å². The van der Waals surface area contributed by atoms with Gasteiger partial charge < -0.3 is 43.4 Å². The van der Waals surface area contributed by atoms with Gasteiger partial charge in [0, 0.05) is 0 Å². The Morgan fingerprint density at radius 2 is 1.00 bits per heavy atom. The Kier molecular flexibility index (Phi) is 17.8. The number of benzene rings is 2. The Bertz CT molecular complexity index is 994. The molecule has 0 radical (unpaired) electrons. The summed E-state index contributed by atoms with van der Waals surface area (Å²) in [4.78, 5) is 10.1. The molecule has 7 heteroatoms. The van der Waals surface area contributed by atoms with Crippen LogP contribution in [0.5, 0.6) is 0 Å². The third-order valence-corrected chi connectivity index (χ3v) is 7.45. The Morgan fingerprint density at radius 1 is 0.600 bits per heavy atom. The van der Waals surface area contributed by atoms with Crippen LogP contribution in [0.4, 0.5) is 0 Å². The molecular weight excluding hydrogens is 723 g/mol.